The molecule has 7 heteroatoms. The number of benzene rings is 1. The summed E-state index contributed by atoms with van der Waals surface area (Å²) in [5.41, 5.74) is 1.23. The number of aromatic carboxylic acids is 1. The quantitative estimate of drug-likeness (QED) is 0.824. The second-order valence-corrected chi connectivity index (χ2v) is 6.46. The highest BCUT2D eigenvalue weighted by Crippen LogP contribution is 2.21. The maximum Gasteiger partial charge on any atom is 0.356 e. The van der Waals surface area contributed by atoms with Gasteiger partial charge in [0.2, 0.25) is 5.91 Å². The molecule has 1 saturated heterocycles. The molecule has 0 aliphatic carbocycles. The molecule has 7 nitrogen and oxygen atoms in total. The zero-order valence-corrected chi connectivity index (χ0v) is 14.5. The van der Waals surface area contributed by atoms with Crippen molar-refractivity contribution in [3.63, 3.8) is 0 Å². The van der Waals surface area contributed by atoms with E-state index in [1.54, 1.807) is 0 Å². The van der Waals surface area contributed by atoms with E-state index in [9.17, 15) is 9.59 Å². The predicted octanol–water partition coefficient (Wildman–Crippen LogP) is 2.07. The van der Waals surface area contributed by atoms with Gasteiger partial charge in [-0.1, -0.05) is 30.3 Å². The van der Waals surface area contributed by atoms with Crippen molar-refractivity contribution in [2.45, 2.75) is 19.3 Å². The molecule has 1 aromatic heterocycles. The van der Waals surface area contributed by atoms with Crippen molar-refractivity contribution >= 4 is 17.7 Å². The summed E-state index contributed by atoms with van der Waals surface area (Å²) in [6.07, 6.45) is 5.57. The highest BCUT2D eigenvalue weighted by molar-refractivity contribution is 5.85. The van der Waals surface area contributed by atoms with E-state index < -0.39 is 5.97 Å². The van der Waals surface area contributed by atoms with Crippen molar-refractivity contribution in [2.24, 2.45) is 5.92 Å². The lowest BCUT2D eigenvalue weighted by molar-refractivity contribution is -0.130. The minimum absolute atomic E-state index is 0.0206. The Hall–Kier alpha value is -2.96. The highest BCUT2D eigenvalue weighted by atomic mass is 16.4. The van der Waals surface area contributed by atoms with Crippen LogP contribution in [0.25, 0.3) is 0 Å². The minimum atomic E-state index is -1.13. The monoisotopic (exact) mass is 354 g/mol. The molecule has 0 spiro atoms. The van der Waals surface area contributed by atoms with Gasteiger partial charge in [-0.05, 0) is 30.7 Å². The van der Waals surface area contributed by atoms with E-state index in [4.69, 9.17) is 5.11 Å². The summed E-state index contributed by atoms with van der Waals surface area (Å²) in [7, 11) is 0. The molecule has 26 heavy (non-hydrogen) atoms. The van der Waals surface area contributed by atoms with Crippen LogP contribution in [-0.4, -0.2) is 51.5 Å². The number of nitrogens with one attached hydrogen (secondary N) is 1. The van der Waals surface area contributed by atoms with Gasteiger partial charge in [-0.3, -0.25) is 4.79 Å². The van der Waals surface area contributed by atoms with E-state index in [1.165, 1.54) is 18.0 Å². The number of rotatable bonds is 6. The second-order valence-electron chi connectivity index (χ2n) is 6.46. The van der Waals surface area contributed by atoms with Crippen LogP contribution in [0.5, 0.6) is 0 Å². The van der Waals surface area contributed by atoms with E-state index in [0.29, 0.717) is 11.7 Å². The average molecular weight is 354 g/mol. The molecule has 1 fully saturated rings. The molecule has 1 aliphatic rings. The Kier molecular flexibility index (Phi) is 5.78. The van der Waals surface area contributed by atoms with E-state index in [-0.39, 0.29) is 18.1 Å². The molecule has 0 radical (unpaired) electrons. The molecular formula is C19H22N4O3. The third-order valence-corrected chi connectivity index (χ3v) is 4.63. The lowest BCUT2D eigenvalue weighted by atomic mass is 9.90. The van der Waals surface area contributed by atoms with Crippen LogP contribution in [0.3, 0.4) is 0 Å². The van der Waals surface area contributed by atoms with Crippen molar-refractivity contribution in [1.29, 1.82) is 0 Å². The van der Waals surface area contributed by atoms with Gasteiger partial charge in [0.15, 0.2) is 5.69 Å². The van der Waals surface area contributed by atoms with Crippen LogP contribution in [-0.2, 0) is 11.2 Å². The largest absolute Gasteiger partial charge is 0.476 e. The Morgan fingerprint density at radius 3 is 2.46 bits per heavy atom. The van der Waals surface area contributed by atoms with E-state index in [1.807, 2.05) is 11.0 Å². The normalized spacial score (nSPS) is 14.8. The van der Waals surface area contributed by atoms with E-state index >= 15 is 0 Å². The maximum absolute atomic E-state index is 12.3. The molecule has 0 unspecified atom stereocenters. The van der Waals surface area contributed by atoms with Gasteiger partial charge in [-0.2, -0.15) is 0 Å². The first-order valence-corrected chi connectivity index (χ1v) is 8.72. The van der Waals surface area contributed by atoms with Crippen molar-refractivity contribution in [3.8, 4) is 0 Å². The standard InChI is InChI=1S/C19H22N4O3/c24-18(13-22-17-12-20-16(11-21-17)19(25)26)23-8-6-15(7-9-23)10-14-4-2-1-3-5-14/h1-5,11-12,15H,6-10,13H2,(H,21,22)(H,25,26). The SMILES string of the molecule is O=C(O)c1cnc(NCC(=O)N2CCC(Cc3ccccc3)CC2)cn1. The lowest BCUT2D eigenvalue weighted by Crippen LogP contribution is -2.41. The fourth-order valence-corrected chi connectivity index (χ4v) is 3.14. The molecule has 0 saturated carbocycles. The van der Waals surface area contributed by atoms with Gasteiger partial charge >= 0.3 is 5.97 Å². The molecule has 0 atom stereocenters. The van der Waals surface area contributed by atoms with Crippen molar-refractivity contribution in [3.05, 3.63) is 54.0 Å². The fourth-order valence-electron chi connectivity index (χ4n) is 3.14. The molecule has 1 aromatic carbocycles. The molecule has 2 N–H and O–H groups in total. The molecule has 136 valence electrons. The van der Waals surface area contributed by atoms with Crippen LogP contribution in [0.4, 0.5) is 5.82 Å². The lowest BCUT2D eigenvalue weighted by Gasteiger charge is -2.32. The first-order valence-electron chi connectivity index (χ1n) is 8.72. The molecule has 2 aromatic rings. The number of carbonyl (C=O) groups is 2. The Labute approximate surface area is 152 Å². The number of carboxylic acids is 1. The predicted molar refractivity (Wildman–Crippen MR) is 96.9 cm³/mol. The van der Waals surface area contributed by atoms with Crippen LogP contribution in [0, 0.1) is 5.92 Å². The van der Waals surface area contributed by atoms with Crippen LogP contribution >= 0.6 is 0 Å². The van der Waals surface area contributed by atoms with Gasteiger partial charge in [0.05, 0.1) is 18.9 Å². The zero-order chi connectivity index (χ0) is 18.4. The summed E-state index contributed by atoms with van der Waals surface area (Å²) < 4.78 is 0. The van der Waals surface area contributed by atoms with Crippen molar-refractivity contribution in [1.82, 2.24) is 14.9 Å². The molecule has 2 heterocycles. The number of aromatic nitrogens is 2. The number of hydrogen-bond acceptors (Lipinski definition) is 5. The number of anilines is 1. The second kappa shape index (κ2) is 8.42. The van der Waals surface area contributed by atoms with Crippen LogP contribution in [0.2, 0.25) is 0 Å². The summed E-state index contributed by atoms with van der Waals surface area (Å²) >= 11 is 0. The van der Waals surface area contributed by atoms with Crippen LogP contribution in [0.15, 0.2) is 42.7 Å². The summed E-state index contributed by atoms with van der Waals surface area (Å²) in [5.74, 6) is -0.100. The van der Waals surface area contributed by atoms with E-state index in [0.717, 1.165) is 32.4 Å². The smallest absolute Gasteiger partial charge is 0.356 e. The third-order valence-electron chi connectivity index (χ3n) is 4.63. The molecule has 3 rings (SSSR count). The first-order chi connectivity index (χ1) is 12.6. The fraction of sp³-hybridized carbons (Fsp3) is 0.368. The number of nitrogens with zero attached hydrogens (tertiary/aromatic N) is 3. The zero-order valence-electron chi connectivity index (χ0n) is 14.5. The number of hydrogen-bond donors (Lipinski definition) is 2. The first kappa shape index (κ1) is 17.8. The van der Waals surface area contributed by atoms with Crippen LogP contribution < -0.4 is 5.32 Å². The van der Waals surface area contributed by atoms with Crippen LogP contribution in [0.1, 0.15) is 28.9 Å². The van der Waals surface area contributed by atoms with Crippen molar-refractivity contribution < 1.29 is 14.7 Å². The van der Waals surface area contributed by atoms with Gasteiger partial charge in [-0.15, -0.1) is 0 Å². The van der Waals surface area contributed by atoms with Gasteiger partial charge in [0, 0.05) is 13.1 Å². The van der Waals surface area contributed by atoms with Gasteiger partial charge in [-0.25, -0.2) is 14.8 Å². The summed E-state index contributed by atoms with van der Waals surface area (Å²) in [6, 6.07) is 10.4. The number of amides is 1. The topological polar surface area (TPSA) is 95.4 Å². The maximum atomic E-state index is 12.3. The third kappa shape index (κ3) is 4.78. The Balaban J connectivity index is 1.42. The molecule has 1 aliphatic heterocycles. The van der Waals surface area contributed by atoms with Gasteiger partial charge in [0.1, 0.15) is 5.82 Å². The number of carbonyl (C=O) groups excluding carboxylic acids is 1. The molecule has 1 amide bonds. The van der Waals surface area contributed by atoms with Crippen molar-refractivity contribution in [2.75, 3.05) is 25.0 Å². The Morgan fingerprint density at radius 2 is 1.85 bits per heavy atom. The number of likely N-dealkylation sites (tertiary alicyclic amines) is 1. The van der Waals surface area contributed by atoms with Gasteiger partial charge < -0.3 is 15.3 Å². The number of carboxylic acid groups (broad SMARTS) is 1. The van der Waals surface area contributed by atoms with Gasteiger partial charge in [0.25, 0.3) is 0 Å². The summed E-state index contributed by atoms with van der Waals surface area (Å²) in [4.78, 5) is 32.7. The van der Waals surface area contributed by atoms with E-state index in [2.05, 4.69) is 39.6 Å². The highest BCUT2D eigenvalue weighted by Gasteiger charge is 2.22. The Bertz CT molecular complexity index is 741. The molecule has 0 bridgehead atoms. The Morgan fingerprint density at radius 1 is 1.12 bits per heavy atom. The average Bonchev–Trinajstić information content (AvgIpc) is 2.68. The summed E-state index contributed by atoms with van der Waals surface area (Å²) in [5, 5.41) is 11.7. The number of piperidine rings is 1. The molecular weight excluding hydrogens is 332 g/mol. The minimum Gasteiger partial charge on any atom is -0.476 e. The summed E-state index contributed by atoms with van der Waals surface area (Å²) in [6.45, 7) is 1.66.